The number of nitrogens with zero attached hydrogens (tertiary/aromatic N) is 1. The molecule has 126 valence electrons. The van der Waals surface area contributed by atoms with Crippen molar-refractivity contribution >= 4 is 39.1 Å². The first-order valence-electron chi connectivity index (χ1n) is 6.91. The van der Waals surface area contributed by atoms with Crippen molar-refractivity contribution in [2.75, 3.05) is 7.11 Å². The number of carbonyl (C=O) groups is 1. The van der Waals surface area contributed by atoms with E-state index in [-0.39, 0.29) is 22.3 Å². The van der Waals surface area contributed by atoms with E-state index in [1.54, 1.807) is 20.1 Å². The summed E-state index contributed by atoms with van der Waals surface area (Å²) in [6, 6.07) is 8.86. The Labute approximate surface area is 152 Å². The predicted octanol–water partition coefficient (Wildman–Crippen LogP) is 4.51. The highest BCUT2D eigenvalue weighted by molar-refractivity contribution is 9.10. The first-order valence-corrected chi connectivity index (χ1v) is 8.08. The van der Waals surface area contributed by atoms with E-state index >= 15 is 0 Å². The van der Waals surface area contributed by atoms with Crippen LogP contribution in [0.1, 0.15) is 28.9 Å². The van der Waals surface area contributed by atoms with Gasteiger partial charge in [-0.3, -0.25) is 14.9 Å². The van der Waals surface area contributed by atoms with E-state index in [1.807, 2.05) is 12.1 Å². The van der Waals surface area contributed by atoms with Gasteiger partial charge in [-0.1, -0.05) is 17.7 Å². The number of carbonyl (C=O) groups excluding carboxylic acids is 1. The second kappa shape index (κ2) is 7.63. The number of hydrogen-bond acceptors (Lipinski definition) is 4. The molecule has 0 radical (unpaired) electrons. The topological polar surface area (TPSA) is 81.5 Å². The lowest BCUT2D eigenvalue weighted by atomic mass is 10.1. The van der Waals surface area contributed by atoms with Gasteiger partial charge in [-0.15, -0.1) is 0 Å². The van der Waals surface area contributed by atoms with Gasteiger partial charge in [0.25, 0.3) is 11.6 Å². The fourth-order valence-electron chi connectivity index (χ4n) is 2.11. The summed E-state index contributed by atoms with van der Waals surface area (Å²) >= 11 is 9.37. The van der Waals surface area contributed by atoms with E-state index in [4.69, 9.17) is 16.3 Å². The van der Waals surface area contributed by atoms with Gasteiger partial charge in [0, 0.05) is 12.1 Å². The number of non-ortho nitro benzene ring substituents is 1. The molecule has 0 heterocycles. The molecule has 2 aromatic carbocycles. The Morgan fingerprint density at radius 2 is 2.04 bits per heavy atom. The number of rotatable bonds is 5. The normalized spacial score (nSPS) is 11.7. The van der Waals surface area contributed by atoms with Crippen molar-refractivity contribution in [2.24, 2.45) is 0 Å². The van der Waals surface area contributed by atoms with Crippen LogP contribution in [0.3, 0.4) is 0 Å². The van der Waals surface area contributed by atoms with Crippen molar-refractivity contribution in [2.45, 2.75) is 13.0 Å². The fraction of sp³-hybridized carbons (Fsp3) is 0.188. The molecule has 1 N–H and O–H groups in total. The Morgan fingerprint density at radius 1 is 1.33 bits per heavy atom. The van der Waals surface area contributed by atoms with Crippen molar-refractivity contribution in [1.82, 2.24) is 5.32 Å². The predicted molar refractivity (Wildman–Crippen MR) is 94.7 cm³/mol. The largest absolute Gasteiger partial charge is 0.496 e. The molecule has 0 spiro atoms. The van der Waals surface area contributed by atoms with Crippen molar-refractivity contribution in [1.29, 1.82) is 0 Å². The molecule has 1 atom stereocenters. The fourth-order valence-corrected chi connectivity index (χ4v) is 2.87. The zero-order chi connectivity index (χ0) is 17.9. The van der Waals surface area contributed by atoms with Gasteiger partial charge in [-0.2, -0.15) is 0 Å². The average molecular weight is 414 g/mol. The van der Waals surface area contributed by atoms with E-state index in [9.17, 15) is 14.9 Å². The molecule has 0 fully saturated rings. The van der Waals surface area contributed by atoms with Crippen molar-refractivity contribution < 1.29 is 14.5 Å². The maximum atomic E-state index is 12.4. The van der Waals surface area contributed by atoms with Crippen LogP contribution in [0.4, 0.5) is 5.69 Å². The lowest BCUT2D eigenvalue weighted by molar-refractivity contribution is -0.384. The maximum absolute atomic E-state index is 12.4. The monoisotopic (exact) mass is 412 g/mol. The Bertz CT molecular complexity index is 798. The highest BCUT2D eigenvalue weighted by atomic mass is 79.9. The summed E-state index contributed by atoms with van der Waals surface area (Å²) in [6.45, 7) is 1.80. The van der Waals surface area contributed by atoms with Crippen LogP contribution in [-0.2, 0) is 0 Å². The quantitative estimate of drug-likeness (QED) is 0.577. The number of nitro groups is 1. The molecule has 6 nitrogen and oxygen atoms in total. The molecule has 8 heteroatoms. The number of amides is 1. The number of ether oxygens (including phenoxy) is 1. The molecule has 0 saturated carbocycles. The van der Waals surface area contributed by atoms with E-state index in [0.29, 0.717) is 5.75 Å². The van der Waals surface area contributed by atoms with E-state index in [0.717, 1.165) is 16.1 Å². The summed E-state index contributed by atoms with van der Waals surface area (Å²) in [7, 11) is 1.56. The highest BCUT2D eigenvalue weighted by Gasteiger charge is 2.18. The summed E-state index contributed by atoms with van der Waals surface area (Å²) in [6.07, 6.45) is 0. The van der Waals surface area contributed by atoms with Crippen molar-refractivity contribution in [3.05, 3.63) is 67.1 Å². The molecule has 0 aliphatic carbocycles. The van der Waals surface area contributed by atoms with Crippen LogP contribution in [-0.4, -0.2) is 17.9 Å². The third-order valence-corrected chi connectivity index (χ3v) is 4.38. The zero-order valence-corrected chi connectivity index (χ0v) is 15.2. The Morgan fingerprint density at radius 3 is 2.62 bits per heavy atom. The number of nitrogens with one attached hydrogen (secondary N) is 1. The van der Waals surface area contributed by atoms with Crippen molar-refractivity contribution in [3.63, 3.8) is 0 Å². The lowest BCUT2D eigenvalue weighted by Gasteiger charge is -2.16. The Kier molecular flexibility index (Phi) is 5.80. The molecule has 2 rings (SSSR count). The van der Waals surface area contributed by atoms with E-state index < -0.39 is 10.8 Å². The minimum absolute atomic E-state index is 0.0605. The second-order valence-corrected chi connectivity index (χ2v) is 6.27. The van der Waals surface area contributed by atoms with Crippen LogP contribution >= 0.6 is 27.5 Å². The minimum atomic E-state index is -0.572. The Balaban J connectivity index is 2.21. The van der Waals surface area contributed by atoms with Crippen LogP contribution in [0, 0.1) is 10.1 Å². The van der Waals surface area contributed by atoms with Gasteiger partial charge in [-0.05, 0) is 46.6 Å². The lowest BCUT2D eigenvalue weighted by Crippen LogP contribution is -2.27. The molecule has 0 aromatic heterocycles. The smallest absolute Gasteiger partial charge is 0.270 e. The molecule has 0 saturated heterocycles. The van der Waals surface area contributed by atoms with Crippen molar-refractivity contribution in [3.8, 4) is 5.75 Å². The van der Waals surface area contributed by atoms with Gasteiger partial charge < -0.3 is 10.1 Å². The molecule has 2 aromatic rings. The molecule has 1 unspecified atom stereocenters. The van der Waals surface area contributed by atoms with E-state index in [2.05, 4.69) is 21.2 Å². The van der Waals surface area contributed by atoms with Gasteiger partial charge in [0.05, 0.1) is 33.1 Å². The summed E-state index contributed by atoms with van der Waals surface area (Å²) in [5.74, 6) is 0.196. The SMILES string of the molecule is COc1ccc(C(C)NC(=O)c2cc([N+](=O)[O-])ccc2Cl)cc1Br. The number of methoxy groups -OCH3 is 1. The minimum Gasteiger partial charge on any atom is -0.496 e. The maximum Gasteiger partial charge on any atom is 0.270 e. The molecule has 0 bridgehead atoms. The summed E-state index contributed by atoms with van der Waals surface area (Å²) in [5.41, 5.74) is 0.715. The van der Waals surface area contributed by atoms with Gasteiger partial charge >= 0.3 is 0 Å². The molecular formula is C16H14BrClN2O4. The average Bonchev–Trinajstić information content (AvgIpc) is 2.54. The van der Waals surface area contributed by atoms with Crippen LogP contribution in [0.15, 0.2) is 40.9 Å². The molecule has 0 aliphatic heterocycles. The van der Waals surface area contributed by atoms with Gasteiger partial charge in [0.2, 0.25) is 0 Å². The summed E-state index contributed by atoms with van der Waals surface area (Å²) < 4.78 is 5.93. The summed E-state index contributed by atoms with van der Waals surface area (Å²) in [5, 5.41) is 13.8. The van der Waals surface area contributed by atoms with Gasteiger partial charge in [0.1, 0.15) is 5.75 Å². The third-order valence-electron chi connectivity index (χ3n) is 3.43. The number of halogens is 2. The zero-order valence-electron chi connectivity index (χ0n) is 12.9. The first kappa shape index (κ1) is 18.2. The standard InChI is InChI=1S/C16H14BrClN2O4/c1-9(10-3-6-15(24-2)13(17)7-10)19-16(21)12-8-11(20(22)23)4-5-14(12)18/h3-9H,1-2H3,(H,19,21). The molecular weight excluding hydrogens is 400 g/mol. The van der Waals surface area contributed by atoms with Gasteiger partial charge in [0.15, 0.2) is 0 Å². The second-order valence-electron chi connectivity index (χ2n) is 5.01. The Hall–Kier alpha value is -2.12. The number of nitro benzene ring substituents is 1. The molecule has 1 amide bonds. The third kappa shape index (κ3) is 4.04. The van der Waals surface area contributed by atoms with Gasteiger partial charge in [-0.25, -0.2) is 0 Å². The van der Waals surface area contributed by atoms with Crippen LogP contribution in [0.25, 0.3) is 0 Å². The highest BCUT2D eigenvalue weighted by Crippen LogP contribution is 2.28. The summed E-state index contributed by atoms with van der Waals surface area (Å²) in [4.78, 5) is 22.6. The van der Waals surface area contributed by atoms with Crippen LogP contribution < -0.4 is 10.1 Å². The van der Waals surface area contributed by atoms with Crippen LogP contribution in [0.2, 0.25) is 5.02 Å². The number of hydrogen-bond donors (Lipinski definition) is 1. The number of benzene rings is 2. The van der Waals surface area contributed by atoms with E-state index in [1.165, 1.54) is 12.1 Å². The molecule has 0 aliphatic rings. The molecule has 24 heavy (non-hydrogen) atoms. The van der Waals surface area contributed by atoms with Crippen LogP contribution in [0.5, 0.6) is 5.75 Å². The first-order chi connectivity index (χ1) is 11.3.